The number of hydrogen-bond donors (Lipinski definition) is 0. The maximum Gasteiger partial charge on any atom is 0.137 e. The molecule has 1 aromatic carbocycles. The molecule has 0 amide bonds. The molecule has 2 nitrogen and oxygen atoms in total. The van der Waals surface area contributed by atoms with Crippen LogP contribution in [0.1, 0.15) is 38.2 Å². The summed E-state index contributed by atoms with van der Waals surface area (Å²) < 4.78 is 5.93. The van der Waals surface area contributed by atoms with E-state index in [0.717, 1.165) is 24.5 Å². The number of nitrogens with zero attached hydrogens (tertiary/aromatic N) is 1. The number of ether oxygens (including phenoxy) is 1. The number of hydrogen-bond acceptors (Lipinski definition) is 2. The molecule has 0 aromatic heterocycles. The predicted octanol–water partition coefficient (Wildman–Crippen LogP) is 3.52. The molecule has 2 heteroatoms. The second kappa shape index (κ2) is 5.03. The van der Waals surface area contributed by atoms with Crippen molar-refractivity contribution >= 4 is 0 Å². The van der Waals surface area contributed by atoms with Gasteiger partial charge in [-0.05, 0) is 37.3 Å². The topological polar surface area (TPSA) is 33.0 Å². The highest BCUT2D eigenvalue weighted by Crippen LogP contribution is 2.28. The summed E-state index contributed by atoms with van der Waals surface area (Å²) in [5.74, 6) is 1.48. The Balaban J connectivity index is 2.06. The van der Waals surface area contributed by atoms with E-state index < -0.39 is 0 Å². The molecule has 2 unspecified atom stereocenters. The first-order valence-electron chi connectivity index (χ1n) is 5.95. The van der Waals surface area contributed by atoms with Crippen molar-refractivity contribution in [1.82, 2.24) is 0 Å². The summed E-state index contributed by atoms with van der Waals surface area (Å²) in [5.41, 5.74) is 0.640. The Bertz CT molecular complexity index is 394. The molecule has 2 atom stereocenters. The lowest BCUT2D eigenvalue weighted by Gasteiger charge is -2.27. The van der Waals surface area contributed by atoms with Crippen LogP contribution in [0.3, 0.4) is 0 Å². The Morgan fingerprint density at radius 3 is 2.88 bits per heavy atom. The van der Waals surface area contributed by atoms with Crippen molar-refractivity contribution in [1.29, 1.82) is 5.26 Å². The molecule has 0 radical (unpaired) electrons. The SMILES string of the molecule is CC1CCCC(Oc2ccccc2C#N)C1. The summed E-state index contributed by atoms with van der Waals surface area (Å²) >= 11 is 0. The van der Waals surface area contributed by atoms with Crippen LogP contribution in [0.4, 0.5) is 0 Å². The second-order valence-electron chi connectivity index (χ2n) is 4.62. The van der Waals surface area contributed by atoms with Crippen LogP contribution in [0.25, 0.3) is 0 Å². The van der Waals surface area contributed by atoms with Gasteiger partial charge in [0.2, 0.25) is 0 Å². The Hall–Kier alpha value is -1.49. The van der Waals surface area contributed by atoms with Gasteiger partial charge in [0.15, 0.2) is 0 Å². The second-order valence-corrected chi connectivity index (χ2v) is 4.62. The molecule has 84 valence electrons. The number of nitriles is 1. The van der Waals surface area contributed by atoms with Crippen molar-refractivity contribution in [2.24, 2.45) is 5.92 Å². The maximum absolute atomic E-state index is 8.97. The fourth-order valence-corrected chi connectivity index (χ4v) is 2.33. The third-order valence-corrected chi connectivity index (χ3v) is 3.19. The summed E-state index contributed by atoms with van der Waals surface area (Å²) in [6, 6.07) is 9.65. The zero-order chi connectivity index (χ0) is 11.4. The molecule has 0 heterocycles. The van der Waals surface area contributed by atoms with E-state index in [1.54, 1.807) is 0 Å². The summed E-state index contributed by atoms with van der Waals surface area (Å²) in [5, 5.41) is 8.97. The highest BCUT2D eigenvalue weighted by atomic mass is 16.5. The van der Waals surface area contributed by atoms with Crippen LogP contribution in [0, 0.1) is 17.2 Å². The van der Waals surface area contributed by atoms with Crippen molar-refractivity contribution in [3.05, 3.63) is 29.8 Å². The minimum atomic E-state index is 0.290. The molecule has 0 saturated heterocycles. The van der Waals surface area contributed by atoms with E-state index in [4.69, 9.17) is 10.00 Å². The molecule has 0 spiro atoms. The van der Waals surface area contributed by atoms with Crippen molar-refractivity contribution in [3.8, 4) is 11.8 Å². The van der Waals surface area contributed by atoms with Gasteiger partial charge in [-0.1, -0.05) is 25.5 Å². The van der Waals surface area contributed by atoms with Gasteiger partial charge in [0.25, 0.3) is 0 Å². The first kappa shape index (κ1) is 11.0. The van der Waals surface area contributed by atoms with E-state index in [-0.39, 0.29) is 0 Å². The molecule has 1 aliphatic carbocycles. The van der Waals surface area contributed by atoms with Crippen LogP contribution in [-0.4, -0.2) is 6.10 Å². The summed E-state index contributed by atoms with van der Waals surface area (Å²) in [7, 11) is 0. The molecular weight excluding hydrogens is 198 g/mol. The van der Waals surface area contributed by atoms with Gasteiger partial charge < -0.3 is 4.74 Å². The fraction of sp³-hybridized carbons (Fsp3) is 0.500. The predicted molar refractivity (Wildman–Crippen MR) is 63.2 cm³/mol. The minimum absolute atomic E-state index is 0.290. The molecular formula is C14H17NO. The molecule has 1 aromatic rings. The normalized spacial score (nSPS) is 24.8. The van der Waals surface area contributed by atoms with Crippen LogP contribution in [-0.2, 0) is 0 Å². The van der Waals surface area contributed by atoms with Crippen LogP contribution in [0.15, 0.2) is 24.3 Å². The highest BCUT2D eigenvalue weighted by molar-refractivity contribution is 5.42. The third kappa shape index (κ3) is 2.55. The maximum atomic E-state index is 8.97. The van der Waals surface area contributed by atoms with E-state index in [2.05, 4.69) is 13.0 Å². The van der Waals surface area contributed by atoms with Gasteiger partial charge in [-0.25, -0.2) is 0 Å². The van der Waals surface area contributed by atoms with Gasteiger partial charge in [-0.15, -0.1) is 0 Å². The number of para-hydroxylation sites is 1. The summed E-state index contributed by atoms with van der Waals surface area (Å²) in [4.78, 5) is 0. The molecule has 16 heavy (non-hydrogen) atoms. The Labute approximate surface area is 96.9 Å². The largest absolute Gasteiger partial charge is 0.489 e. The molecule has 2 rings (SSSR count). The van der Waals surface area contributed by atoms with Crippen LogP contribution < -0.4 is 4.74 Å². The molecule has 0 aliphatic heterocycles. The Kier molecular flexibility index (Phi) is 3.46. The van der Waals surface area contributed by atoms with Gasteiger partial charge in [-0.2, -0.15) is 5.26 Å². The molecule has 1 aliphatic rings. The lowest BCUT2D eigenvalue weighted by Crippen LogP contribution is -2.24. The minimum Gasteiger partial charge on any atom is -0.489 e. The van der Waals surface area contributed by atoms with E-state index >= 15 is 0 Å². The van der Waals surface area contributed by atoms with Gasteiger partial charge in [0.1, 0.15) is 11.8 Å². The van der Waals surface area contributed by atoms with Gasteiger partial charge in [0.05, 0.1) is 11.7 Å². The lowest BCUT2D eigenvalue weighted by atomic mass is 9.88. The highest BCUT2D eigenvalue weighted by Gasteiger charge is 2.20. The summed E-state index contributed by atoms with van der Waals surface area (Å²) in [6.07, 6.45) is 5.06. The molecule has 1 saturated carbocycles. The average molecular weight is 215 g/mol. The monoisotopic (exact) mass is 215 g/mol. The standard InChI is InChI=1S/C14H17NO/c1-11-5-4-7-13(9-11)16-14-8-3-2-6-12(14)10-15/h2-3,6,8,11,13H,4-5,7,9H2,1H3. The third-order valence-electron chi connectivity index (χ3n) is 3.19. The van der Waals surface area contributed by atoms with Crippen molar-refractivity contribution in [3.63, 3.8) is 0 Å². The molecule has 0 bridgehead atoms. The zero-order valence-corrected chi connectivity index (χ0v) is 9.65. The number of rotatable bonds is 2. The van der Waals surface area contributed by atoms with E-state index in [1.807, 2.05) is 24.3 Å². The van der Waals surface area contributed by atoms with E-state index in [0.29, 0.717) is 11.7 Å². The first-order chi connectivity index (χ1) is 7.79. The Morgan fingerprint density at radius 2 is 2.12 bits per heavy atom. The summed E-state index contributed by atoms with van der Waals surface area (Å²) in [6.45, 7) is 2.27. The smallest absolute Gasteiger partial charge is 0.137 e. The first-order valence-corrected chi connectivity index (χ1v) is 5.95. The molecule has 1 fully saturated rings. The van der Waals surface area contributed by atoms with Gasteiger partial charge in [-0.3, -0.25) is 0 Å². The average Bonchev–Trinajstić information content (AvgIpc) is 2.30. The van der Waals surface area contributed by atoms with E-state index in [1.165, 1.54) is 12.8 Å². The van der Waals surface area contributed by atoms with Crippen molar-refractivity contribution in [2.75, 3.05) is 0 Å². The van der Waals surface area contributed by atoms with Gasteiger partial charge in [0, 0.05) is 0 Å². The van der Waals surface area contributed by atoms with E-state index in [9.17, 15) is 0 Å². The van der Waals surface area contributed by atoms with Crippen LogP contribution in [0.5, 0.6) is 5.75 Å². The quantitative estimate of drug-likeness (QED) is 0.756. The fourth-order valence-electron chi connectivity index (χ4n) is 2.33. The zero-order valence-electron chi connectivity index (χ0n) is 9.65. The van der Waals surface area contributed by atoms with Crippen LogP contribution >= 0.6 is 0 Å². The number of benzene rings is 1. The van der Waals surface area contributed by atoms with Crippen molar-refractivity contribution in [2.45, 2.75) is 38.7 Å². The van der Waals surface area contributed by atoms with Crippen molar-refractivity contribution < 1.29 is 4.74 Å². The molecule has 0 N–H and O–H groups in total. The van der Waals surface area contributed by atoms with Crippen LogP contribution in [0.2, 0.25) is 0 Å². The Morgan fingerprint density at radius 1 is 1.31 bits per heavy atom. The lowest BCUT2D eigenvalue weighted by molar-refractivity contribution is 0.129. The van der Waals surface area contributed by atoms with Gasteiger partial charge >= 0.3 is 0 Å².